The molecule has 0 bridgehead atoms. The first-order valence-electron chi connectivity index (χ1n) is 26.0. The molecule has 0 aromatic carbocycles. The van der Waals surface area contributed by atoms with E-state index in [2.05, 4.69) is 111 Å². The number of hydrogen-bond acceptors (Lipinski definition) is 7. The Labute approximate surface area is 400 Å². The normalized spacial score (nSPS) is 14.4. The summed E-state index contributed by atoms with van der Waals surface area (Å²) in [7, 11) is 1.33. The lowest BCUT2D eigenvalue weighted by molar-refractivity contribution is -0.870. The number of esters is 1. The number of allylic oxidation sites excluding steroid dienone is 16. The van der Waals surface area contributed by atoms with E-state index in [1.165, 1.54) is 83.5 Å². The zero-order valence-electron chi connectivity index (χ0n) is 42.4. The minimum Gasteiger partial charge on any atom is -0.756 e. The van der Waals surface area contributed by atoms with E-state index >= 15 is 0 Å². The van der Waals surface area contributed by atoms with Crippen LogP contribution >= 0.6 is 7.82 Å². The molecule has 374 valence electrons. The van der Waals surface area contributed by atoms with Gasteiger partial charge in [-0.2, -0.15) is 0 Å². The Morgan fingerprint density at radius 2 is 0.892 bits per heavy atom. The highest BCUT2D eigenvalue weighted by molar-refractivity contribution is 7.45. The zero-order chi connectivity index (χ0) is 47.6. The lowest BCUT2D eigenvalue weighted by atomic mass is 10.1. The quantitative estimate of drug-likeness (QED) is 0.0197. The van der Waals surface area contributed by atoms with Crippen molar-refractivity contribution < 1.29 is 37.3 Å². The summed E-state index contributed by atoms with van der Waals surface area (Å²) >= 11 is 0. The molecule has 8 nitrogen and oxygen atoms in total. The first-order chi connectivity index (χ1) is 31.6. The predicted molar refractivity (Wildman–Crippen MR) is 277 cm³/mol. The maximum absolute atomic E-state index is 12.8. The molecule has 0 aromatic rings. The average Bonchev–Trinajstić information content (AvgIpc) is 3.27. The molecule has 9 heteroatoms. The van der Waals surface area contributed by atoms with E-state index in [1.54, 1.807) is 0 Å². The Hall–Kier alpha value is -2.58. The van der Waals surface area contributed by atoms with Crippen molar-refractivity contribution in [3.05, 3.63) is 97.2 Å². The third-order valence-electron chi connectivity index (χ3n) is 10.6. The van der Waals surface area contributed by atoms with Gasteiger partial charge in [0.2, 0.25) is 0 Å². The van der Waals surface area contributed by atoms with Gasteiger partial charge in [-0.3, -0.25) is 9.36 Å². The SMILES string of the molecule is CC/C=C\C/C=C\C/C=C\C/C=C\C/C=C\C/C=C\CCCCCCCCC(=O)OC(COCCCCCCCCCC/C=C\C/C=C\CCCCC)COP(=O)([O-])OCC[N+](C)(C)C. The van der Waals surface area contributed by atoms with Crippen LogP contribution in [0.1, 0.15) is 194 Å². The van der Waals surface area contributed by atoms with Gasteiger partial charge in [0.1, 0.15) is 19.3 Å². The number of likely N-dealkylation sites (N-methyl/N-ethyl adjacent to an activating group) is 1. The van der Waals surface area contributed by atoms with Crippen LogP contribution < -0.4 is 4.89 Å². The van der Waals surface area contributed by atoms with Crippen LogP contribution in [0.5, 0.6) is 0 Å². The van der Waals surface area contributed by atoms with E-state index in [-0.39, 0.29) is 32.2 Å². The summed E-state index contributed by atoms with van der Waals surface area (Å²) in [6.07, 6.45) is 65.7. The molecule has 2 unspecified atom stereocenters. The summed E-state index contributed by atoms with van der Waals surface area (Å²) in [5, 5.41) is 0. The zero-order valence-corrected chi connectivity index (χ0v) is 43.3. The van der Waals surface area contributed by atoms with Gasteiger partial charge in [-0.25, -0.2) is 0 Å². The fourth-order valence-corrected chi connectivity index (χ4v) is 7.37. The minimum absolute atomic E-state index is 0.0163. The molecule has 0 spiro atoms. The fourth-order valence-electron chi connectivity index (χ4n) is 6.64. The summed E-state index contributed by atoms with van der Waals surface area (Å²) in [6.45, 7) is 5.23. The second-order valence-corrected chi connectivity index (χ2v) is 19.6. The van der Waals surface area contributed by atoms with Crippen LogP contribution in [0.2, 0.25) is 0 Å². The van der Waals surface area contributed by atoms with Gasteiger partial charge in [-0.05, 0) is 96.3 Å². The van der Waals surface area contributed by atoms with E-state index in [0.29, 0.717) is 17.6 Å². The molecule has 0 heterocycles. The number of carbonyl (C=O) groups is 1. The van der Waals surface area contributed by atoms with Crippen LogP contribution in [0.4, 0.5) is 0 Å². The second kappa shape index (κ2) is 47.9. The van der Waals surface area contributed by atoms with Crippen molar-refractivity contribution >= 4 is 13.8 Å². The molecule has 0 rings (SSSR count). The minimum atomic E-state index is -4.54. The van der Waals surface area contributed by atoms with E-state index in [1.807, 2.05) is 21.1 Å². The molecular weight excluding hydrogens is 830 g/mol. The van der Waals surface area contributed by atoms with Gasteiger partial charge in [0, 0.05) is 13.0 Å². The van der Waals surface area contributed by atoms with Crippen molar-refractivity contribution in [1.82, 2.24) is 0 Å². The van der Waals surface area contributed by atoms with Crippen molar-refractivity contribution in [3.8, 4) is 0 Å². The van der Waals surface area contributed by atoms with Crippen LogP contribution in [0.3, 0.4) is 0 Å². The van der Waals surface area contributed by atoms with Gasteiger partial charge in [0.05, 0.1) is 34.4 Å². The van der Waals surface area contributed by atoms with Gasteiger partial charge < -0.3 is 27.9 Å². The average molecular weight is 928 g/mol. The molecular formula is C56H98NO7P. The predicted octanol–water partition coefficient (Wildman–Crippen LogP) is 15.5. The summed E-state index contributed by atoms with van der Waals surface area (Å²) in [4.78, 5) is 25.2. The monoisotopic (exact) mass is 928 g/mol. The van der Waals surface area contributed by atoms with Crippen molar-refractivity contribution in [3.63, 3.8) is 0 Å². The third-order valence-corrected chi connectivity index (χ3v) is 11.6. The lowest BCUT2D eigenvalue weighted by Gasteiger charge is -2.28. The van der Waals surface area contributed by atoms with Crippen molar-refractivity contribution in [2.45, 2.75) is 200 Å². The topological polar surface area (TPSA) is 94.1 Å². The number of rotatable bonds is 47. The first kappa shape index (κ1) is 62.4. The Bertz CT molecular complexity index is 1360. The van der Waals surface area contributed by atoms with Crippen molar-refractivity contribution in [2.24, 2.45) is 0 Å². The number of phosphoric ester groups is 1. The van der Waals surface area contributed by atoms with Gasteiger partial charge in [0.15, 0.2) is 0 Å². The Kier molecular flexibility index (Phi) is 46.0. The number of unbranched alkanes of at least 4 members (excludes halogenated alkanes) is 17. The number of ether oxygens (including phenoxy) is 2. The molecule has 0 N–H and O–H groups in total. The van der Waals surface area contributed by atoms with E-state index in [9.17, 15) is 14.3 Å². The van der Waals surface area contributed by atoms with E-state index in [0.717, 1.165) is 89.9 Å². The lowest BCUT2D eigenvalue weighted by Crippen LogP contribution is -2.37. The second-order valence-electron chi connectivity index (χ2n) is 18.1. The van der Waals surface area contributed by atoms with Crippen LogP contribution in [-0.2, 0) is 27.9 Å². The molecule has 2 atom stereocenters. The van der Waals surface area contributed by atoms with Crippen molar-refractivity contribution in [1.29, 1.82) is 0 Å². The highest BCUT2D eigenvalue weighted by atomic mass is 31.2. The molecule has 0 aromatic heterocycles. The van der Waals surface area contributed by atoms with Gasteiger partial charge in [-0.15, -0.1) is 0 Å². The van der Waals surface area contributed by atoms with E-state index in [4.69, 9.17) is 18.5 Å². The van der Waals surface area contributed by atoms with Gasteiger partial charge in [-0.1, -0.05) is 188 Å². The molecule has 0 saturated carbocycles. The standard InChI is InChI=1S/C56H98NO7P/c1-6-8-10-12-14-16-18-20-22-24-26-27-28-29-30-31-32-33-35-37-39-41-43-45-47-49-56(58)64-55(54-63-65(59,60)62-52-50-57(3,4)5)53-61-51-48-46-44-42-40-38-36-34-25-23-21-19-17-15-13-11-9-7-2/h8,10,14-17,20-23,26-27,29-30,32-33,55H,6-7,9,11-13,18-19,24-25,28,31,34-54H2,1-5H3/b10-8-,16-14-,17-15-,22-20-,23-21-,27-26-,30-29-,33-32-. The Balaban J connectivity index is 4.21. The molecule has 0 aliphatic rings. The van der Waals surface area contributed by atoms with Crippen LogP contribution in [0.25, 0.3) is 0 Å². The third kappa shape index (κ3) is 52.3. The van der Waals surface area contributed by atoms with Crippen molar-refractivity contribution in [2.75, 3.05) is 54.1 Å². The maximum Gasteiger partial charge on any atom is 0.306 e. The number of phosphoric acid groups is 1. The smallest absolute Gasteiger partial charge is 0.306 e. The number of nitrogens with zero attached hydrogens (tertiary/aromatic N) is 1. The Morgan fingerprint density at radius 1 is 0.492 bits per heavy atom. The largest absolute Gasteiger partial charge is 0.756 e. The van der Waals surface area contributed by atoms with E-state index < -0.39 is 13.9 Å². The molecule has 0 saturated heterocycles. The Morgan fingerprint density at radius 3 is 1.34 bits per heavy atom. The number of quaternary nitrogens is 1. The highest BCUT2D eigenvalue weighted by Crippen LogP contribution is 2.38. The van der Waals surface area contributed by atoms with Crippen LogP contribution in [-0.4, -0.2) is 70.7 Å². The molecule has 65 heavy (non-hydrogen) atoms. The maximum atomic E-state index is 12.8. The summed E-state index contributed by atoms with van der Waals surface area (Å²) in [5.41, 5.74) is 0. The van der Waals surface area contributed by atoms with Gasteiger partial charge >= 0.3 is 5.97 Å². The molecule has 0 fully saturated rings. The number of carbonyl (C=O) groups excluding carboxylic acids is 1. The molecule has 0 aliphatic carbocycles. The molecule has 0 aliphatic heterocycles. The number of hydrogen-bond donors (Lipinski definition) is 0. The summed E-state index contributed by atoms with van der Waals surface area (Å²) in [5.74, 6) is -0.354. The van der Waals surface area contributed by atoms with Crippen LogP contribution in [0, 0.1) is 0 Å². The van der Waals surface area contributed by atoms with Crippen LogP contribution in [0.15, 0.2) is 97.2 Å². The highest BCUT2D eigenvalue weighted by Gasteiger charge is 2.20. The fraction of sp³-hybridized carbons (Fsp3) is 0.696. The summed E-state index contributed by atoms with van der Waals surface area (Å²) in [6, 6.07) is 0. The molecule has 0 amide bonds. The van der Waals surface area contributed by atoms with Gasteiger partial charge in [0.25, 0.3) is 7.82 Å². The summed E-state index contributed by atoms with van der Waals surface area (Å²) < 4.78 is 34.7. The first-order valence-corrected chi connectivity index (χ1v) is 27.4. The molecule has 0 radical (unpaired) electrons.